The summed E-state index contributed by atoms with van der Waals surface area (Å²) in [4.78, 5) is 21.1. The van der Waals surface area contributed by atoms with Crippen LogP contribution in [0.25, 0.3) is 0 Å². The first-order chi connectivity index (χ1) is 8.53. The monoisotopic (exact) mass is 266 g/mol. The molecule has 1 aromatic rings. The highest BCUT2D eigenvalue weighted by Crippen LogP contribution is 2.23. The van der Waals surface area contributed by atoms with Crippen molar-refractivity contribution in [3.05, 3.63) is 16.5 Å². The van der Waals surface area contributed by atoms with Gasteiger partial charge in [0.2, 0.25) is 0 Å². The molecule has 0 fully saturated rings. The molecule has 0 saturated heterocycles. The summed E-state index contributed by atoms with van der Waals surface area (Å²) in [5.74, 6) is 0.842. The number of rotatable bonds is 5. The molecule has 0 aromatic carbocycles. The Bertz CT molecular complexity index is 484. The second kappa shape index (κ2) is 6.31. The molecule has 1 unspecified atom stereocenters. The third kappa shape index (κ3) is 3.17. The van der Waals surface area contributed by atoms with Crippen molar-refractivity contribution in [1.82, 2.24) is 9.97 Å². The largest absolute Gasteiger partial charge is 0.355 e. The van der Waals surface area contributed by atoms with E-state index in [9.17, 15) is 4.79 Å². The average Bonchev–Trinajstić information content (AvgIpc) is 2.34. The lowest BCUT2D eigenvalue weighted by atomic mass is 10.2. The van der Waals surface area contributed by atoms with Crippen LogP contribution < -0.4 is 4.90 Å². The molecule has 0 saturated carbocycles. The number of nitriles is 1. The maximum absolute atomic E-state index is 11.1. The number of aldehydes is 1. The molecule has 1 rings (SSSR count). The molecule has 1 atom stereocenters. The maximum Gasteiger partial charge on any atom is 0.156 e. The van der Waals surface area contributed by atoms with Crippen LogP contribution in [0.2, 0.25) is 5.15 Å². The van der Waals surface area contributed by atoms with E-state index in [4.69, 9.17) is 16.9 Å². The number of carbonyl (C=O) groups excluding carboxylic acids is 1. The summed E-state index contributed by atoms with van der Waals surface area (Å²) in [6.07, 6.45) is 0.650. The van der Waals surface area contributed by atoms with E-state index in [1.165, 1.54) is 0 Å². The Kier molecular flexibility index (Phi) is 5.05. The van der Waals surface area contributed by atoms with Gasteiger partial charge < -0.3 is 4.90 Å². The van der Waals surface area contributed by atoms with E-state index in [-0.39, 0.29) is 16.6 Å². The highest BCUT2D eigenvalue weighted by Gasteiger charge is 2.18. The Hall–Kier alpha value is -1.67. The van der Waals surface area contributed by atoms with E-state index >= 15 is 0 Å². The quantitative estimate of drug-likeness (QED) is 0.604. The smallest absolute Gasteiger partial charge is 0.156 e. The van der Waals surface area contributed by atoms with Gasteiger partial charge in [0, 0.05) is 13.1 Å². The Morgan fingerprint density at radius 1 is 1.56 bits per heavy atom. The van der Waals surface area contributed by atoms with Gasteiger partial charge in [-0.25, -0.2) is 9.97 Å². The second-order valence-electron chi connectivity index (χ2n) is 3.99. The lowest BCUT2D eigenvalue weighted by Crippen LogP contribution is -2.30. The van der Waals surface area contributed by atoms with Crippen LogP contribution in [0.1, 0.15) is 30.0 Å². The van der Waals surface area contributed by atoms with Gasteiger partial charge in [-0.3, -0.25) is 4.79 Å². The first kappa shape index (κ1) is 14.4. The first-order valence-corrected chi connectivity index (χ1v) is 6.05. The average molecular weight is 267 g/mol. The van der Waals surface area contributed by atoms with E-state index in [0.29, 0.717) is 31.0 Å². The van der Waals surface area contributed by atoms with Crippen molar-refractivity contribution in [1.29, 1.82) is 5.26 Å². The molecule has 0 amide bonds. The summed E-state index contributed by atoms with van der Waals surface area (Å²) in [7, 11) is 0. The molecule has 1 heterocycles. The highest BCUT2D eigenvalue weighted by molar-refractivity contribution is 6.32. The number of carbonyl (C=O) groups is 1. The Morgan fingerprint density at radius 3 is 2.72 bits per heavy atom. The van der Waals surface area contributed by atoms with Crippen LogP contribution in [0.3, 0.4) is 0 Å². The zero-order valence-corrected chi connectivity index (χ0v) is 11.4. The number of aromatic nitrogens is 2. The van der Waals surface area contributed by atoms with Crippen LogP contribution in [-0.2, 0) is 0 Å². The van der Waals surface area contributed by atoms with Gasteiger partial charge in [-0.15, -0.1) is 0 Å². The summed E-state index contributed by atoms with van der Waals surface area (Å²) in [6.45, 7) is 6.61. The minimum absolute atomic E-state index is 0.149. The number of hydrogen-bond donors (Lipinski definition) is 0. The van der Waals surface area contributed by atoms with Crippen molar-refractivity contribution in [2.24, 2.45) is 5.92 Å². The number of aryl methyl sites for hydroxylation is 1. The summed E-state index contributed by atoms with van der Waals surface area (Å²) in [6, 6.07) is 2.16. The molecule has 6 heteroatoms. The second-order valence-corrected chi connectivity index (χ2v) is 4.34. The van der Waals surface area contributed by atoms with E-state index in [2.05, 4.69) is 16.0 Å². The highest BCUT2D eigenvalue weighted by atomic mass is 35.5. The summed E-state index contributed by atoms with van der Waals surface area (Å²) in [5, 5.41) is 9.01. The molecular weight excluding hydrogens is 252 g/mol. The van der Waals surface area contributed by atoms with Crippen molar-refractivity contribution in [3.63, 3.8) is 0 Å². The van der Waals surface area contributed by atoms with Crippen molar-refractivity contribution in [2.75, 3.05) is 18.0 Å². The molecule has 0 aliphatic heterocycles. The van der Waals surface area contributed by atoms with E-state index in [0.717, 1.165) is 0 Å². The lowest BCUT2D eigenvalue weighted by Gasteiger charge is -2.24. The standard InChI is InChI=1S/C12H15ClN4O/c1-4-17(6-8(2)5-14)12-10(7-18)11(13)15-9(3)16-12/h7-8H,4,6H2,1-3H3. The summed E-state index contributed by atoms with van der Waals surface area (Å²) >= 11 is 5.93. The molecular formula is C12H15ClN4O. The van der Waals surface area contributed by atoms with Crippen LogP contribution in [0, 0.1) is 24.2 Å². The molecule has 0 radical (unpaired) electrons. The summed E-state index contributed by atoms with van der Waals surface area (Å²) < 4.78 is 0. The zero-order chi connectivity index (χ0) is 13.7. The van der Waals surface area contributed by atoms with Gasteiger partial charge in [0.1, 0.15) is 16.8 Å². The van der Waals surface area contributed by atoms with Gasteiger partial charge in [-0.1, -0.05) is 11.6 Å². The summed E-state index contributed by atoms with van der Waals surface area (Å²) in [5.41, 5.74) is 0.272. The molecule has 0 spiro atoms. The molecule has 1 aromatic heterocycles. The number of nitrogens with zero attached hydrogens (tertiary/aromatic N) is 4. The third-order valence-corrected chi connectivity index (χ3v) is 2.79. The lowest BCUT2D eigenvalue weighted by molar-refractivity contribution is 0.112. The Morgan fingerprint density at radius 2 is 2.22 bits per heavy atom. The van der Waals surface area contributed by atoms with Crippen LogP contribution in [0.15, 0.2) is 0 Å². The first-order valence-electron chi connectivity index (χ1n) is 5.67. The van der Waals surface area contributed by atoms with Gasteiger partial charge in [-0.05, 0) is 20.8 Å². The van der Waals surface area contributed by atoms with Crippen molar-refractivity contribution in [3.8, 4) is 6.07 Å². The topological polar surface area (TPSA) is 69.9 Å². The normalized spacial score (nSPS) is 11.7. The van der Waals surface area contributed by atoms with Crippen LogP contribution in [0.5, 0.6) is 0 Å². The van der Waals surface area contributed by atoms with E-state index < -0.39 is 0 Å². The van der Waals surface area contributed by atoms with Crippen molar-refractivity contribution in [2.45, 2.75) is 20.8 Å². The molecule has 5 nitrogen and oxygen atoms in total. The van der Waals surface area contributed by atoms with Gasteiger partial charge in [0.15, 0.2) is 6.29 Å². The molecule has 18 heavy (non-hydrogen) atoms. The molecule has 0 aliphatic carbocycles. The van der Waals surface area contributed by atoms with Gasteiger partial charge in [0.05, 0.1) is 17.6 Å². The fraction of sp³-hybridized carbons (Fsp3) is 0.500. The van der Waals surface area contributed by atoms with Gasteiger partial charge >= 0.3 is 0 Å². The molecule has 0 aliphatic rings. The minimum Gasteiger partial charge on any atom is -0.355 e. The van der Waals surface area contributed by atoms with E-state index in [1.54, 1.807) is 6.92 Å². The van der Waals surface area contributed by atoms with Crippen molar-refractivity contribution < 1.29 is 4.79 Å². The Labute approximate surface area is 111 Å². The number of halogens is 1. The van der Waals surface area contributed by atoms with Crippen LogP contribution in [0.4, 0.5) is 5.82 Å². The molecule has 96 valence electrons. The fourth-order valence-electron chi connectivity index (χ4n) is 1.61. The number of anilines is 1. The minimum atomic E-state index is -0.154. The maximum atomic E-state index is 11.1. The Balaban J connectivity index is 3.20. The fourth-order valence-corrected chi connectivity index (χ4v) is 1.86. The third-order valence-electron chi connectivity index (χ3n) is 2.50. The van der Waals surface area contributed by atoms with Crippen molar-refractivity contribution >= 4 is 23.7 Å². The van der Waals surface area contributed by atoms with Crippen LogP contribution >= 0.6 is 11.6 Å². The van der Waals surface area contributed by atoms with Crippen LogP contribution in [-0.4, -0.2) is 29.3 Å². The molecule has 0 N–H and O–H groups in total. The van der Waals surface area contributed by atoms with Gasteiger partial charge in [0.25, 0.3) is 0 Å². The SMILES string of the molecule is CCN(CC(C)C#N)c1nc(C)nc(Cl)c1C=O. The predicted octanol–water partition coefficient (Wildman–Crippen LogP) is 2.24. The van der Waals surface area contributed by atoms with E-state index in [1.807, 2.05) is 18.7 Å². The predicted molar refractivity (Wildman–Crippen MR) is 69.8 cm³/mol. The number of hydrogen-bond acceptors (Lipinski definition) is 5. The zero-order valence-electron chi connectivity index (χ0n) is 10.6. The van der Waals surface area contributed by atoms with Gasteiger partial charge in [-0.2, -0.15) is 5.26 Å². The molecule has 0 bridgehead atoms.